The lowest BCUT2D eigenvalue weighted by Gasteiger charge is -2.59. The van der Waals surface area contributed by atoms with Crippen LogP contribution in [0.4, 0.5) is 24.9 Å². The zero-order valence-electron chi connectivity index (χ0n) is 18.6. The molecule has 4 bridgehead atoms. The molecular weight excluding hydrogens is 445 g/mol. The number of aromatic nitrogens is 2. The van der Waals surface area contributed by atoms with Crippen molar-refractivity contribution >= 4 is 11.8 Å². The van der Waals surface area contributed by atoms with Crippen molar-refractivity contribution in [3.63, 3.8) is 0 Å². The van der Waals surface area contributed by atoms with Gasteiger partial charge in [0.05, 0.1) is 6.20 Å². The number of nitrogens with two attached hydrogens (primary N) is 1. The highest BCUT2D eigenvalue weighted by Crippen LogP contribution is 2.59. The largest absolute Gasteiger partial charge is 0.573 e. The molecule has 0 aliphatic heterocycles. The molecule has 4 unspecified atom stereocenters. The molecule has 4 fully saturated rings. The molecule has 0 spiro atoms. The van der Waals surface area contributed by atoms with E-state index in [4.69, 9.17) is 5.73 Å². The Morgan fingerprint density at radius 1 is 1.15 bits per heavy atom. The first-order valence-corrected chi connectivity index (χ1v) is 11.6. The van der Waals surface area contributed by atoms with Crippen molar-refractivity contribution in [3.8, 4) is 11.8 Å². The van der Waals surface area contributed by atoms with E-state index in [9.17, 15) is 18.4 Å². The third kappa shape index (κ3) is 4.62. The average molecular weight is 473 g/mol. The van der Waals surface area contributed by atoms with E-state index < -0.39 is 6.36 Å². The van der Waals surface area contributed by atoms with Crippen LogP contribution in [0.2, 0.25) is 0 Å². The van der Waals surface area contributed by atoms with Gasteiger partial charge in [0, 0.05) is 24.7 Å². The molecule has 0 saturated heterocycles. The molecule has 0 amide bonds. The normalized spacial score (nSPS) is 29.5. The topological polar surface area (TPSA) is 109 Å². The highest BCUT2D eigenvalue weighted by molar-refractivity contribution is 5.53. The summed E-state index contributed by atoms with van der Waals surface area (Å²) in [7, 11) is 0. The predicted octanol–water partition coefficient (Wildman–Crippen LogP) is 4.42. The van der Waals surface area contributed by atoms with Crippen molar-refractivity contribution < 1.29 is 17.9 Å². The van der Waals surface area contributed by atoms with E-state index in [2.05, 4.69) is 31.4 Å². The fourth-order valence-corrected chi connectivity index (χ4v) is 6.45. The van der Waals surface area contributed by atoms with Crippen LogP contribution in [-0.2, 0) is 6.54 Å². The number of alkyl halides is 3. The zero-order chi connectivity index (χ0) is 23.9. The molecule has 1 aromatic carbocycles. The van der Waals surface area contributed by atoms with E-state index in [-0.39, 0.29) is 23.7 Å². The fraction of sp³-hybridized carbons (Fsp3) is 0.542. The van der Waals surface area contributed by atoms with E-state index in [0.29, 0.717) is 34.8 Å². The average Bonchev–Trinajstić information content (AvgIpc) is 2.79. The molecule has 4 saturated carbocycles. The third-order valence-electron chi connectivity index (χ3n) is 7.65. The van der Waals surface area contributed by atoms with E-state index in [1.165, 1.54) is 43.7 Å². The molecule has 4 N–H and O–H groups in total. The van der Waals surface area contributed by atoms with Crippen LogP contribution >= 0.6 is 0 Å². The van der Waals surface area contributed by atoms with Gasteiger partial charge in [0.1, 0.15) is 23.2 Å². The maximum atomic E-state index is 12.7. The summed E-state index contributed by atoms with van der Waals surface area (Å²) >= 11 is 0. The van der Waals surface area contributed by atoms with Crippen LogP contribution in [0.5, 0.6) is 5.75 Å². The number of anilines is 2. The van der Waals surface area contributed by atoms with E-state index >= 15 is 0 Å². The minimum atomic E-state index is -4.78. The molecule has 0 radical (unpaired) electrons. The van der Waals surface area contributed by atoms with E-state index in [1.807, 2.05) is 0 Å². The van der Waals surface area contributed by atoms with Gasteiger partial charge < -0.3 is 21.1 Å². The van der Waals surface area contributed by atoms with Crippen molar-refractivity contribution in [1.29, 1.82) is 5.26 Å². The number of para-hydroxylation sites is 1. The predicted molar refractivity (Wildman–Crippen MR) is 120 cm³/mol. The summed E-state index contributed by atoms with van der Waals surface area (Å²) in [5, 5.41) is 15.9. The molecule has 34 heavy (non-hydrogen) atoms. The number of benzene rings is 1. The Hall–Kier alpha value is -3.06. The monoisotopic (exact) mass is 472 g/mol. The van der Waals surface area contributed by atoms with Crippen LogP contribution in [0.3, 0.4) is 0 Å². The molecule has 6 rings (SSSR count). The summed E-state index contributed by atoms with van der Waals surface area (Å²) in [5.74, 6) is 2.25. The number of hydrogen-bond donors (Lipinski definition) is 3. The Labute approximate surface area is 195 Å². The Bertz CT molecular complexity index is 1080. The highest BCUT2D eigenvalue weighted by Gasteiger charge is 2.54. The van der Waals surface area contributed by atoms with Crippen molar-refractivity contribution in [1.82, 2.24) is 9.97 Å². The van der Waals surface area contributed by atoms with Gasteiger partial charge in [-0.3, -0.25) is 0 Å². The van der Waals surface area contributed by atoms with Crippen LogP contribution < -0.4 is 21.1 Å². The standard InChI is InChI=1S/C24H27F3N6O/c25-24(26,27)34-19-4-2-1-3-15(19)11-30-22-31-12-18(10-28)21(33-22)32-13-23-7-14-5-16(8-23)20(29)17(6-14)9-23/h1-4,12,14,16-17,20H,5-9,11,13,29H2,(H2,30,31,32,33)/t14?,16-,17?,20?,23?/m1/s1. The van der Waals surface area contributed by atoms with Crippen LogP contribution in [0.25, 0.3) is 0 Å². The molecule has 1 aromatic heterocycles. The van der Waals surface area contributed by atoms with Gasteiger partial charge in [0.25, 0.3) is 0 Å². The minimum Gasteiger partial charge on any atom is -0.405 e. The second-order valence-corrected chi connectivity index (χ2v) is 9.98. The summed E-state index contributed by atoms with van der Waals surface area (Å²) in [6.07, 6.45) is 2.47. The van der Waals surface area contributed by atoms with Crippen molar-refractivity contribution in [2.24, 2.45) is 28.9 Å². The van der Waals surface area contributed by atoms with Gasteiger partial charge >= 0.3 is 6.36 Å². The first kappa shape index (κ1) is 22.7. The lowest BCUT2D eigenvalue weighted by molar-refractivity contribution is -0.274. The Morgan fingerprint density at radius 3 is 2.59 bits per heavy atom. The Balaban J connectivity index is 1.28. The first-order valence-electron chi connectivity index (χ1n) is 11.6. The number of ether oxygens (including phenoxy) is 1. The number of nitriles is 1. The molecule has 180 valence electrons. The Morgan fingerprint density at radius 2 is 1.88 bits per heavy atom. The fourth-order valence-electron chi connectivity index (χ4n) is 6.45. The van der Waals surface area contributed by atoms with Gasteiger partial charge in [0.15, 0.2) is 0 Å². The molecule has 1 heterocycles. The number of hydrogen-bond acceptors (Lipinski definition) is 7. The number of nitrogens with zero attached hydrogens (tertiary/aromatic N) is 3. The lowest BCUT2D eigenvalue weighted by atomic mass is 9.48. The molecule has 7 nitrogen and oxygen atoms in total. The van der Waals surface area contributed by atoms with Crippen LogP contribution in [0, 0.1) is 34.5 Å². The number of rotatable bonds is 7. The quantitative estimate of drug-likeness (QED) is 0.547. The number of halogens is 3. The Kier molecular flexibility index (Phi) is 5.76. The van der Waals surface area contributed by atoms with Gasteiger partial charge in [-0.05, 0) is 61.3 Å². The smallest absolute Gasteiger partial charge is 0.405 e. The number of nitrogens with one attached hydrogen (secondary N) is 2. The zero-order valence-corrected chi connectivity index (χ0v) is 18.6. The van der Waals surface area contributed by atoms with Crippen molar-refractivity contribution in [3.05, 3.63) is 41.6 Å². The van der Waals surface area contributed by atoms with Gasteiger partial charge in [-0.2, -0.15) is 10.2 Å². The minimum absolute atomic E-state index is 0.0322. The van der Waals surface area contributed by atoms with Gasteiger partial charge in [-0.1, -0.05) is 18.2 Å². The van der Waals surface area contributed by atoms with Crippen molar-refractivity contribution in [2.75, 3.05) is 17.2 Å². The van der Waals surface area contributed by atoms with Crippen molar-refractivity contribution in [2.45, 2.75) is 51.1 Å². The maximum Gasteiger partial charge on any atom is 0.573 e. The maximum absolute atomic E-state index is 12.7. The lowest BCUT2D eigenvalue weighted by Crippen LogP contribution is -2.58. The second kappa shape index (κ2) is 8.62. The molecule has 4 aliphatic rings. The van der Waals surface area contributed by atoms with Gasteiger partial charge in [-0.15, -0.1) is 13.2 Å². The summed E-state index contributed by atoms with van der Waals surface area (Å²) in [6, 6.07) is 8.32. The van der Waals surface area contributed by atoms with E-state index in [1.54, 1.807) is 6.07 Å². The third-order valence-corrected chi connectivity index (χ3v) is 7.65. The van der Waals surface area contributed by atoms with Crippen LogP contribution in [-0.4, -0.2) is 28.9 Å². The second-order valence-electron chi connectivity index (χ2n) is 9.98. The molecule has 10 heteroatoms. The summed E-state index contributed by atoms with van der Waals surface area (Å²) in [5.41, 5.74) is 7.27. The van der Waals surface area contributed by atoms with Crippen LogP contribution in [0.15, 0.2) is 30.5 Å². The summed E-state index contributed by atoms with van der Waals surface area (Å²) in [4.78, 5) is 8.60. The molecule has 4 aliphatic carbocycles. The molecule has 5 atom stereocenters. The molecule has 2 aromatic rings. The van der Waals surface area contributed by atoms with Gasteiger partial charge in [-0.25, -0.2) is 4.98 Å². The summed E-state index contributed by atoms with van der Waals surface area (Å²) < 4.78 is 42.1. The molecular formula is C24H27F3N6O. The van der Waals surface area contributed by atoms with Crippen LogP contribution in [0.1, 0.15) is 43.2 Å². The highest BCUT2D eigenvalue weighted by atomic mass is 19.4. The SMILES string of the molecule is N#Cc1cnc(NCc2ccccc2OC(F)(F)F)nc1NCC12CC3CC(C1)C(N)[C@H](C3)C2. The summed E-state index contributed by atoms with van der Waals surface area (Å²) in [6.45, 7) is 0.751. The first-order chi connectivity index (χ1) is 16.2. The van der Waals surface area contributed by atoms with E-state index in [0.717, 1.165) is 25.3 Å². The van der Waals surface area contributed by atoms with Gasteiger partial charge in [0.2, 0.25) is 5.95 Å².